The van der Waals surface area contributed by atoms with Gasteiger partial charge in [-0.25, -0.2) is 4.79 Å². The first-order valence-electron chi connectivity index (χ1n) is 7.41. The monoisotopic (exact) mass is 371 g/mol. The summed E-state index contributed by atoms with van der Waals surface area (Å²) in [5, 5.41) is 12.9. The van der Waals surface area contributed by atoms with Crippen molar-refractivity contribution in [2.75, 3.05) is 5.75 Å². The summed E-state index contributed by atoms with van der Waals surface area (Å²) in [7, 11) is 0. The third kappa shape index (κ3) is 4.66. The Morgan fingerprint density at radius 1 is 1.12 bits per heavy atom. The van der Waals surface area contributed by atoms with E-state index in [1.807, 2.05) is 23.5 Å². The third-order valence-corrected chi connectivity index (χ3v) is 4.18. The van der Waals surface area contributed by atoms with Crippen LogP contribution >= 0.6 is 12.6 Å². The van der Waals surface area contributed by atoms with E-state index in [2.05, 4.69) is 12.6 Å². The molecule has 0 radical (unpaired) electrons. The van der Waals surface area contributed by atoms with Crippen molar-refractivity contribution >= 4 is 35.3 Å². The molecule has 0 aromatic heterocycles. The molecule has 0 aliphatic heterocycles. The largest absolute Gasteiger partial charge is 0.480 e. The van der Waals surface area contributed by atoms with Crippen LogP contribution in [0, 0.1) is 5.92 Å². The van der Waals surface area contributed by atoms with Crippen molar-refractivity contribution in [3.8, 4) is 0 Å². The summed E-state index contributed by atoms with van der Waals surface area (Å²) >= 11 is 3.54. The highest BCUT2D eigenvalue weighted by molar-refractivity contribution is 7.80. The van der Waals surface area contributed by atoms with Gasteiger partial charge in [0.05, 0.1) is 0 Å². The molecule has 4 nitrogen and oxygen atoms in total. The maximum atomic E-state index is 12.8. The Hall–Kier alpha value is -2.22. The van der Waals surface area contributed by atoms with E-state index in [-0.39, 0.29) is 6.42 Å². The van der Waals surface area contributed by atoms with Gasteiger partial charge in [-0.2, -0.15) is 25.8 Å². The van der Waals surface area contributed by atoms with Gasteiger partial charge in [-0.05, 0) is 16.3 Å². The van der Waals surface area contributed by atoms with E-state index in [1.54, 1.807) is 24.3 Å². The first kappa shape index (κ1) is 19.1. The fourth-order valence-corrected chi connectivity index (χ4v) is 2.87. The fourth-order valence-electron chi connectivity index (χ4n) is 2.50. The highest BCUT2D eigenvalue weighted by Gasteiger charge is 2.44. The molecule has 0 spiro atoms. The summed E-state index contributed by atoms with van der Waals surface area (Å²) in [5.74, 6) is -5.91. The van der Waals surface area contributed by atoms with Gasteiger partial charge >= 0.3 is 12.1 Å². The van der Waals surface area contributed by atoms with Crippen molar-refractivity contribution in [3.63, 3.8) is 0 Å². The first-order chi connectivity index (χ1) is 11.7. The van der Waals surface area contributed by atoms with Crippen LogP contribution < -0.4 is 5.32 Å². The van der Waals surface area contributed by atoms with Gasteiger partial charge in [0.15, 0.2) is 0 Å². The molecule has 0 saturated heterocycles. The number of halogens is 3. The number of thiol groups is 1. The number of carboxylic acid groups (broad SMARTS) is 1. The molecule has 0 aliphatic rings. The van der Waals surface area contributed by atoms with Gasteiger partial charge in [-0.15, -0.1) is 0 Å². The summed E-state index contributed by atoms with van der Waals surface area (Å²) in [6.45, 7) is 0. The highest BCUT2D eigenvalue weighted by Crippen LogP contribution is 2.27. The van der Waals surface area contributed by atoms with Crippen LogP contribution in [0.15, 0.2) is 42.5 Å². The number of amides is 1. The molecule has 8 heteroatoms. The van der Waals surface area contributed by atoms with E-state index in [1.165, 1.54) is 0 Å². The Bertz CT molecular complexity index is 774. The quantitative estimate of drug-likeness (QED) is 0.684. The predicted molar refractivity (Wildman–Crippen MR) is 90.6 cm³/mol. The lowest BCUT2D eigenvalue weighted by Gasteiger charge is -2.21. The van der Waals surface area contributed by atoms with Gasteiger partial charge in [0.2, 0.25) is 5.91 Å². The van der Waals surface area contributed by atoms with Gasteiger partial charge in [-0.1, -0.05) is 42.5 Å². The van der Waals surface area contributed by atoms with Gasteiger partial charge in [0, 0.05) is 12.2 Å². The van der Waals surface area contributed by atoms with Crippen LogP contribution in [0.2, 0.25) is 0 Å². The molecular weight excluding hydrogens is 355 g/mol. The summed E-state index contributed by atoms with van der Waals surface area (Å²) in [6, 6.07) is 11.0. The van der Waals surface area contributed by atoms with E-state index in [0.717, 1.165) is 10.8 Å². The minimum atomic E-state index is -4.78. The molecule has 2 rings (SSSR count). The number of hydrogen-bond acceptors (Lipinski definition) is 3. The maximum Gasteiger partial charge on any atom is 0.401 e. The summed E-state index contributed by atoms with van der Waals surface area (Å²) in [6.07, 6.45) is -4.91. The molecule has 0 heterocycles. The average Bonchev–Trinajstić information content (AvgIpc) is 2.53. The second-order valence-corrected chi connectivity index (χ2v) is 5.88. The molecule has 134 valence electrons. The highest BCUT2D eigenvalue weighted by atomic mass is 32.1. The van der Waals surface area contributed by atoms with Crippen molar-refractivity contribution in [1.82, 2.24) is 5.32 Å². The van der Waals surface area contributed by atoms with E-state index in [4.69, 9.17) is 0 Å². The second kappa shape index (κ2) is 7.77. The number of carbonyl (C=O) groups is 2. The van der Waals surface area contributed by atoms with Crippen LogP contribution in [0.4, 0.5) is 13.2 Å². The van der Waals surface area contributed by atoms with Crippen LogP contribution in [-0.2, 0) is 16.0 Å². The van der Waals surface area contributed by atoms with Gasteiger partial charge in [-0.3, -0.25) is 4.79 Å². The molecular formula is C17H16F3NO3S. The lowest BCUT2D eigenvalue weighted by atomic mass is 9.98. The van der Waals surface area contributed by atoms with E-state index in [9.17, 15) is 27.9 Å². The molecule has 25 heavy (non-hydrogen) atoms. The molecule has 2 aromatic rings. The van der Waals surface area contributed by atoms with Crippen LogP contribution in [0.1, 0.15) is 5.56 Å². The Morgan fingerprint density at radius 2 is 1.76 bits per heavy atom. The Kier molecular flexibility index (Phi) is 5.94. The molecule has 2 atom stereocenters. The Morgan fingerprint density at radius 3 is 2.36 bits per heavy atom. The maximum absolute atomic E-state index is 12.8. The van der Waals surface area contributed by atoms with E-state index < -0.39 is 35.8 Å². The van der Waals surface area contributed by atoms with Gasteiger partial charge < -0.3 is 10.4 Å². The number of nitrogens with one attached hydrogen (secondary N) is 1. The van der Waals surface area contributed by atoms with Crippen molar-refractivity contribution < 1.29 is 27.9 Å². The number of fused-ring (bicyclic) bond motifs is 1. The lowest BCUT2D eigenvalue weighted by molar-refractivity contribution is -0.178. The van der Waals surface area contributed by atoms with Crippen LogP contribution in [-0.4, -0.2) is 35.0 Å². The standard InChI is InChI=1S/C17H16F3NO3S/c18-17(19,20)13(9-25)15(22)21-14(16(23)24)8-11-6-3-5-10-4-1-2-7-12(10)11/h1-7,13-14,25H,8-9H2,(H,21,22)(H,23,24). The minimum Gasteiger partial charge on any atom is -0.480 e. The van der Waals surface area contributed by atoms with Gasteiger partial charge in [0.25, 0.3) is 0 Å². The molecule has 1 amide bonds. The minimum absolute atomic E-state index is 0.125. The zero-order valence-electron chi connectivity index (χ0n) is 13.0. The Labute approximate surface area is 147 Å². The molecule has 2 unspecified atom stereocenters. The zero-order valence-corrected chi connectivity index (χ0v) is 13.8. The SMILES string of the molecule is O=C(O)C(Cc1cccc2ccccc12)NC(=O)C(CS)C(F)(F)F. The number of carboxylic acids is 1. The normalized spacial score (nSPS) is 14.1. The number of aliphatic carboxylic acids is 1. The first-order valence-corrected chi connectivity index (χ1v) is 8.04. The van der Waals surface area contributed by atoms with Crippen molar-refractivity contribution in [1.29, 1.82) is 0 Å². The zero-order chi connectivity index (χ0) is 18.6. The number of alkyl halides is 3. The van der Waals surface area contributed by atoms with E-state index in [0.29, 0.717) is 5.56 Å². The molecule has 0 fully saturated rings. The summed E-state index contributed by atoms with van der Waals surface area (Å²) < 4.78 is 38.4. The number of hydrogen-bond donors (Lipinski definition) is 3. The average molecular weight is 371 g/mol. The van der Waals surface area contributed by atoms with E-state index >= 15 is 0 Å². The van der Waals surface area contributed by atoms with Crippen LogP contribution in [0.5, 0.6) is 0 Å². The summed E-state index contributed by atoms with van der Waals surface area (Å²) in [5.41, 5.74) is 0.625. The lowest BCUT2D eigenvalue weighted by Crippen LogP contribution is -2.48. The second-order valence-electron chi connectivity index (χ2n) is 5.52. The molecule has 2 N–H and O–H groups in total. The summed E-state index contributed by atoms with van der Waals surface area (Å²) in [4.78, 5) is 23.3. The molecule has 2 aromatic carbocycles. The number of benzene rings is 2. The van der Waals surface area contributed by atoms with Crippen LogP contribution in [0.25, 0.3) is 10.8 Å². The smallest absolute Gasteiger partial charge is 0.401 e. The predicted octanol–water partition coefficient (Wildman–Crippen LogP) is 3.06. The van der Waals surface area contributed by atoms with Crippen molar-refractivity contribution in [2.24, 2.45) is 5.92 Å². The number of carbonyl (C=O) groups excluding carboxylic acids is 1. The number of rotatable bonds is 6. The van der Waals surface area contributed by atoms with Gasteiger partial charge in [0.1, 0.15) is 12.0 Å². The molecule has 0 saturated carbocycles. The van der Waals surface area contributed by atoms with Crippen molar-refractivity contribution in [3.05, 3.63) is 48.0 Å². The van der Waals surface area contributed by atoms with Crippen molar-refractivity contribution in [2.45, 2.75) is 18.6 Å². The third-order valence-electron chi connectivity index (χ3n) is 3.81. The van der Waals surface area contributed by atoms with Crippen LogP contribution in [0.3, 0.4) is 0 Å². The topological polar surface area (TPSA) is 66.4 Å². The molecule has 0 aliphatic carbocycles. The fraction of sp³-hybridized carbons (Fsp3) is 0.294. The molecule has 0 bridgehead atoms. The Balaban J connectivity index is 2.24.